The molecule has 1 aliphatic rings. The van der Waals surface area contributed by atoms with E-state index in [-0.39, 0.29) is 5.91 Å². The van der Waals surface area contributed by atoms with Gasteiger partial charge < -0.3 is 9.80 Å². The number of piperazine rings is 1. The zero-order valence-corrected chi connectivity index (χ0v) is 21.3. The van der Waals surface area contributed by atoms with Crippen molar-refractivity contribution in [1.29, 1.82) is 0 Å². The predicted molar refractivity (Wildman–Crippen MR) is 140 cm³/mol. The number of aromatic nitrogens is 4. The second-order valence-electron chi connectivity index (χ2n) is 8.76. The molecule has 1 fully saturated rings. The fourth-order valence-electron chi connectivity index (χ4n) is 4.54. The van der Waals surface area contributed by atoms with Crippen LogP contribution in [0.1, 0.15) is 15.9 Å². The number of rotatable bonds is 4. The molecule has 0 unspecified atom stereocenters. The number of anilines is 1. The van der Waals surface area contributed by atoms with E-state index in [0.29, 0.717) is 65.4 Å². The molecule has 0 saturated carbocycles. The lowest BCUT2D eigenvalue weighted by Gasteiger charge is -2.35. The van der Waals surface area contributed by atoms with E-state index in [0.717, 1.165) is 10.1 Å². The smallest absolute Gasteiger partial charge is 0.332 e. The number of nitrogens with zero attached hydrogens (tertiary/aromatic N) is 6. The van der Waals surface area contributed by atoms with Crippen molar-refractivity contribution < 1.29 is 4.79 Å². The molecule has 0 atom stereocenters. The summed E-state index contributed by atoms with van der Waals surface area (Å²) < 4.78 is 4.27. The fourth-order valence-corrected chi connectivity index (χ4v) is 4.92. The number of benzene rings is 2. The minimum absolute atomic E-state index is 0.0852. The average molecular weight is 527 g/mol. The zero-order valence-electron chi connectivity index (χ0n) is 19.8. The molecule has 36 heavy (non-hydrogen) atoms. The maximum Gasteiger partial charge on any atom is 0.332 e. The van der Waals surface area contributed by atoms with Crippen molar-refractivity contribution in [3.63, 3.8) is 0 Å². The first-order valence-electron chi connectivity index (χ1n) is 11.5. The summed E-state index contributed by atoms with van der Waals surface area (Å²) in [7, 11) is 3.05. The van der Waals surface area contributed by atoms with Gasteiger partial charge in [0, 0.05) is 55.9 Å². The molecule has 1 saturated heterocycles. The highest BCUT2D eigenvalue weighted by Crippen LogP contribution is 2.25. The Balaban J connectivity index is 1.52. The molecule has 0 aliphatic carbocycles. The Morgan fingerprint density at radius 1 is 0.944 bits per heavy atom. The van der Waals surface area contributed by atoms with Gasteiger partial charge in [-0.3, -0.25) is 23.3 Å². The molecule has 1 aliphatic heterocycles. The van der Waals surface area contributed by atoms with Gasteiger partial charge in [0.1, 0.15) is 0 Å². The summed E-state index contributed by atoms with van der Waals surface area (Å²) in [6.07, 6.45) is 0. The van der Waals surface area contributed by atoms with Crippen LogP contribution in [0.5, 0.6) is 0 Å². The summed E-state index contributed by atoms with van der Waals surface area (Å²) in [5.74, 6) is 0.469. The minimum atomic E-state index is -0.446. The van der Waals surface area contributed by atoms with Crippen LogP contribution in [0.4, 0.5) is 5.95 Å². The summed E-state index contributed by atoms with van der Waals surface area (Å²) >= 11 is 12.5. The maximum atomic E-state index is 13.2. The first kappa shape index (κ1) is 24.1. The van der Waals surface area contributed by atoms with Crippen LogP contribution in [0.15, 0.2) is 58.1 Å². The van der Waals surface area contributed by atoms with E-state index < -0.39 is 11.2 Å². The highest BCUT2D eigenvalue weighted by molar-refractivity contribution is 6.31. The van der Waals surface area contributed by atoms with Gasteiger partial charge in [-0.1, -0.05) is 47.5 Å². The second-order valence-corrected chi connectivity index (χ2v) is 9.60. The number of hydrogen-bond donors (Lipinski definition) is 0. The molecule has 4 aromatic rings. The standard InChI is InChI=1S/C25H24Cl2N6O3/c1-29-21-20(23(35)30(2)25(29)36)33(15-17-6-3-4-9-19(17)27)24(28-21)32-12-10-31(11-13-32)22(34)16-7-5-8-18(26)14-16/h3-9,14H,10-13,15H2,1-2H3. The topological polar surface area (TPSA) is 85.4 Å². The van der Waals surface area contributed by atoms with Crippen molar-refractivity contribution in [2.45, 2.75) is 6.54 Å². The Bertz CT molecular complexity index is 1600. The van der Waals surface area contributed by atoms with Gasteiger partial charge >= 0.3 is 5.69 Å². The van der Waals surface area contributed by atoms with Crippen LogP contribution in [0.3, 0.4) is 0 Å². The van der Waals surface area contributed by atoms with Gasteiger partial charge in [0.2, 0.25) is 5.95 Å². The summed E-state index contributed by atoms with van der Waals surface area (Å²) in [4.78, 5) is 47.3. The second kappa shape index (κ2) is 9.48. The number of imidazole rings is 1. The third kappa shape index (κ3) is 4.18. The Morgan fingerprint density at radius 2 is 1.67 bits per heavy atom. The van der Waals surface area contributed by atoms with Gasteiger partial charge in [-0.25, -0.2) is 4.79 Å². The number of aryl methyl sites for hydroxylation is 1. The molecule has 0 bridgehead atoms. The summed E-state index contributed by atoms with van der Waals surface area (Å²) in [5.41, 5.74) is 1.13. The van der Waals surface area contributed by atoms with E-state index in [9.17, 15) is 14.4 Å². The predicted octanol–water partition coefficient (Wildman–Crippen LogP) is 2.75. The highest BCUT2D eigenvalue weighted by Gasteiger charge is 2.28. The van der Waals surface area contributed by atoms with E-state index in [1.54, 1.807) is 42.3 Å². The number of halogens is 2. The molecule has 1 amide bonds. The van der Waals surface area contributed by atoms with E-state index in [2.05, 4.69) is 0 Å². The quantitative estimate of drug-likeness (QED) is 0.408. The molecule has 3 heterocycles. The highest BCUT2D eigenvalue weighted by atomic mass is 35.5. The van der Waals surface area contributed by atoms with Crippen LogP contribution >= 0.6 is 23.2 Å². The zero-order chi connectivity index (χ0) is 25.6. The molecular weight excluding hydrogens is 503 g/mol. The number of carbonyl (C=O) groups excluding carboxylic acids is 1. The Hall–Kier alpha value is -3.56. The monoisotopic (exact) mass is 526 g/mol. The van der Waals surface area contributed by atoms with Gasteiger partial charge in [0.25, 0.3) is 11.5 Å². The van der Waals surface area contributed by atoms with Crippen molar-refractivity contribution in [3.8, 4) is 0 Å². The Morgan fingerprint density at radius 3 is 2.36 bits per heavy atom. The van der Waals surface area contributed by atoms with E-state index >= 15 is 0 Å². The van der Waals surface area contributed by atoms with Gasteiger partial charge in [0.15, 0.2) is 11.2 Å². The Labute approximate surface area is 216 Å². The lowest BCUT2D eigenvalue weighted by atomic mass is 10.2. The van der Waals surface area contributed by atoms with Crippen LogP contribution in [-0.4, -0.2) is 55.7 Å². The third-order valence-electron chi connectivity index (χ3n) is 6.54. The molecular formula is C25H24Cl2N6O3. The van der Waals surface area contributed by atoms with Gasteiger partial charge in [0.05, 0.1) is 6.54 Å². The van der Waals surface area contributed by atoms with E-state index in [4.69, 9.17) is 28.2 Å². The summed E-state index contributed by atoms with van der Waals surface area (Å²) in [6, 6.07) is 14.3. The van der Waals surface area contributed by atoms with Crippen LogP contribution in [0, 0.1) is 0 Å². The molecule has 186 valence electrons. The van der Waals surface area contributed by atoms with Crippen molar-refractivity contribution in [2.24, 2.45) is 14.1 Å². The van der Waals surface area contributed by atoms with Crippen LogP contribution in [-0.2, 0) is 20.6 Å². The van der Waals surface area contributed by atoms with Crippen molar-refractivity contribution in [2.75, 3.05) is 31.1 Å². The molecule has 0 spiro atoms. The Kier molecular flexibility index (Phi) is 6.36. The molecule has 0 N–H and O–H groups in total. The van der Waals surface area contributed by atoms with Gasteiger partial charge in [-0.2, -0.15) is 4.98 Å². The van der Waals surface area contributed by atoms with Crippen molar-refractivity contribution in [1.82, 2.24) is 23.6 Å². The number of amides is 1. The normalized spacial score (nSPS) is 14.0. The first-order chi connectivity index (χ1) is 17.3. The molecule has 2 aromatic carbocycles. The number of fused-ring (bicyclic) bond motifs is 1. The van der Waals surface area contributed by atoms with Crippen LogP contribution < -0.4 is 16.1 Å². The average Bonchev–Trinajstić information content (AvgIpc) is 3.26. The van der Waals surface area contributed by atoms with Gasteiger partial charge in [-0.05, 0) is 29.8 Å². The summed E-state index contributed by atoms with van der Waals surface area (Å²) in [5, 5.41) is 1.09. The van der Waals surface area contributed by atoms with Crippen molar-refractivity contribution in [3.05, 3.63) is 90.5 Å². The largest absolute Gasteiger partial charge is 0.339 e. The minimum Gasteiger partial charge on any atom is -0.339 e. The van der Waals surface area contributed by atoms with E-state index in [1.165, 1.54) is 11.6 Å². The van der Waals surface area contributed by atoms with Gasteiger partial charge in [-0.15, -0.1) is 0 Å². The summed E-state index contributed by atoms with van der Waals surface area (Å²) in [6.45, 7) is 2.26. The van der Waals surface area contributed by atoms with Crippen LogP contribution in [0.2, 0.25) is 10.0 Å². The van der Waals surface area contributed by atoms with E-state index in [1.807, 2.05) is 27.7 Å². The fraction of sp³-hybridized carbons (Fsp3) is 0.280. The molecule has 11 heteroatoms. The third-order valence-corrected chi connectivity index (χ3v) is 7.14. The van der Waals surface area contributed by atoms with Crippen LogP contribution in [0.25, 0.3) is 11.2 Å². The lowest BCUT2D eigenvalue weighted by molar-refractivity contribution is 0.0746. The molecule has 0 radical (unpaired) electrons. The SMILES string of the molecule is Cn1c(=O)c2c(nc(N3CCN(C(=O)c4cccc(Cl)c4)CC3)n2Cc2ccccc2Cl)n(C)c1=O. The molecule has 2 aromatic heterocycles. The maximum absolute atomic E-state index is 13.2. The number of carbonyl (C=O) groups is 1. The lowest BCUT2D eigenvalue weighted by Crippen LogP contribution is -2.49. The molecule has 5 rings (SSSR count). The van der Waals surface area contributed by atoms with Crippen molar-refractivity contribution >= 4 is 46.2 Å². The first-order valence-corrected chi connectivity index (χ1v) is 12.2. The number of hydrogen-bond acceptors (Lipinski definition) is 5. The molecule has 9 nitrogen and oxygen atoms in total.